The molecule has 0 aromatic heterocycles. The molecule has 23 heavy (non-hydrogen) atoms. The molecule has 1 aliphatic heterocycles. The molecule has 134 valence electrons. The first kappa shape index (κ1) is 18.9. The van der Waals surface area contributed by atoms with Gasteiger partial charge in [-0.25, -0.2) is 0 Å². The van der Waals surface area contributed by atoms with E-state index in [1.807, 2.05) is 14.2 Å². The van der Waals surface area contributed by atoms with Gasteiger partial charge in [0, 0.05) is 51.4 Å². The molecular formula is C18H35N3OS. The van der Waals surface area contributed by atoms with E-state index in [1.165, 1.54) is 31.4 Å². The third-order valence-electron chi connectivity index (χ3n) is 5.47. The van der Waals surface area contributed by atoms with Crippen LogP contribution in [-0.2, 0) is 4.74 Å². The number of hydrogen-bond donors (Lipinski definition) is 1. The van der Waals surface area contributed by atoms with Crippen LogP contribution in [0.2, 0.25) is 0 Å². The lowest BCUT2D eigenvalue weighted by Gasteiger charge is -2.38. The summed E-state index contributed by atoms with van der Waals surface area (Å²) in [6.45, 7) is 8.80. The molecule has 2 rings (SSSR count). The third kappa shape index (κ3) is 5.28. The van der Waals surface area contributed by atoms with Crippen LogP contribution in [0, 0.1) is 11.3 Å². The molecular weight excluding hydrogens is 306 g/mol. The highest BCUT2D eigenvalue weighted by molar-refractivity contribution is 8.00. The summed E-state index contributed by atoms with van der Waals surface area (Å²) in [5.41, 5.74) is 0.411. The zero-order valence-electron chi connectivity index (χ0n) is 15.4. The van der Waals surface area contributed by atoms with Crippen LogP contribution < -0.4 is 5.32 Å². The van der Waals surface area contributed by atoms with E-state index in [4.69, 9.17) is 4.74 Å². The Bertz CT molecular complexity index is 380. The Hall–Kier alpha value is -0.420. The van der Waals surface area contributed by atoms with E-state index in [9.17, 15) is 0 Å². The Morgan fingerprint density at radius 2 is 2.13 bits per heavy atom. The van der Waals surface area contributed by atoms with Gasteiger partial charge >= 0.3 is 0 Å². The van der Waals surface area contributed by atoms with E-state index in [0.29, 0.717) is 5.41 Å². The standard InChI is InChI=1S/C18H35N3OS/c1-15(2)16-13-21(10-12-23-16)17(19-3)20-14-18(9-11-22-4)7-5-6-8-18/h15-16H,5-14H2,1-4H3,(H,19,20). The molecule has 0 aromatic rings. The number of thioether (sulfide) groups is 1. The van der Waals surface area contributed by atoms with Crippen molar-refractivity contribution in [1.29, 1.82) is 0 Å². The van der Waals surface area contributed by atoms with E-state index in [0.717, 1.165) is 49.8 Å². The Labute approximate surface area is 146 Å². The fourth-order valence-electron chi connectivity index (χ4n) is 3.83. The van der Waals surface area contributed by atoms with E-state index < -0.39 is 0 Å². The lowest BCUT2D eigenvalue weighted by atomic mass is 9.83. The maximum Gasteiger partial charge on any atom is 0.193 e. The highest BCUT2D eigenvalue weighted by Crippen LogP contribution is 2.40. The SMILES string of the molecule is CN=C(NCC1(CCOC)CCCC1)N1CCSC(C(C)C)C1. The summed E-state index contributed by atoms with van der Waals surface area (Å²) in [5, 5.41) is 4.42. The molecule has 0 amide bonds. The summed E-state index contributed by atoms with van der Waals surface area (Å²) in [4.78, 5) is 7.03. The van der Waals surface area contributed by atoms with Gasteiger partial charge in [0.15, 0.2) is 5.96 Å². The van der Waals surface area contributed by atoms with Crippen LogP contribution in [0.15, 0.2) is 4.99 Å². The third-order valence-corrected chi connectivity index (χ3v) is 7.01. The Morgan fingerprint density at radius 1 is 1.39 bits per heavy atom. The normalized spacial score (nSPS) is 25.2. The average Bonchev–Trinajstić information content (AvgIpc) is 3.03. The zero-order chi connectivity index (χ0) is 16.7. The lowest BCUT2D eigenvalue weighted by molar-refractivity contribution is 0.137. The van der Waals surface area contributed by atoms with Crippen LogP contribution in [0.5, 0.6) is 0 Å². The zero-order valence-corrected chi connectivity index (χ0v) is 16.3. The molecule has 0 aromatic carbocycles. The smallest absolute Gasteiger partial charge is 0.193 e. The van der Waals surface area contributed by atoms with Gasteiger partial charge in [-0.05, 0) is 30.6 Å². The van der Waals surface area contributed by atoms with Gasteiger partial charge in [0.05, 0.1) is 0 Å². The molecule has 1 heterocycles. The predicted molar refractivity (Wildman–Crippen MR) is 101 cm³/mol. The number of ether oxygens (including phenoxy) is 1. The first-order chi connectivity index (χ1) is 11.1. The quantitative estimate of drug-likeness (QED) is 0.594. The minimum Gasteiger partial charge on any atom is -0.385 e. The van der Waals surface area contributed by atoms with Crippen molar-refractivity contribution in [2.45, 2.75) is 51.2 Å². The van der Waals surface area contributed by atoms with Gasteiger partial charge in [0.25, 0.3) is 0 Å². The van der Waals surface area contributed by atoms with Crippen molar-refractivity contribution >= 4 is 17.7 Å². The summed E-state index contributed by atoms with van der Waals surface area (Å²) >= 11 is 2.12. The van der Waals surface area contributed by atoms with Crippen LogP contribution in [-0.4, -0.2) is 62.3 Å². The fraction of sp³-hybridized carbons (Fsp3) is 0.944. The second-order valence-electron chi connectivity index (χ2n) is 7.45. The van der Waals surface area contributed by atoms with Crippen molar-refractivity contribution in [2.75, 3.05) is 46.2 Å². The molecule has 1 unspecified atom stereocenters. The summed E-state index contributed by atoms with van der Waals surface area (Å²) < 4.78 is 5.35. The Morgan fingerprint density at radius 3 is 2.74 bits per heavy atom. The van der Waals surface area contributed by atoms with Crippen molar-refractivity contribution in [3.63, 3.8) is 0 Å². The monoisotopic (exact) mass is 341 g/mol. The minimum atomic E-state index is 0.411. The predicted octanol–water partition coefficient (Wildman–Crippen LogP) is 3.23. The molecule has 2 aliphatic rings. The van der Waals surface area contributed by atoms with Crippen molar-refractivity contribution in [3.8, 4) is 0 Å². The largest absolute Gasteiger partial charge is 0.385 e. The van der Waals surface area contributed by atoms with E-state index in [2.05, 4.69) is 40.8 Å². The molecule has 1 aliphatic carbocycles. The van der Waals surface area contributed by atoms with Gasteiger partial charge in [-0.15, -0.1) is 0 Å². The minimum absolute atomic E-state index is 0.411. The van der Waals surface area contributed by atoms with Crippen LogP contribution in [0.1, 0.15) is 46.0 Å². The maximum absolute atomic E-state index is 5.35. The van der Waals surface area contributed by atoms with Gasteiger partial charge < -0.3 is 15.0 Å². The first-order valence-electron chi connectivity index (χ1n) is 9.16. The van der Waals surface area contributed by atoms with E-state index >= 15 is 0 Å². The molecule has 0 spiro atoms. The molecule has 1 saturated heterocycles. The Kier molecular flexibility index (Phi) is 7.54. The molecule has 2 fully saturated rings. The second-order valence-corrected chi connectivity index (χ2v) is 8.80. The number of guanidine groups is 1. The number of nitrogens with zero attached hydrogens (tertiary/aromatic N) is 2. The summed E-state index contributed by atoms with van der Waals surface area (Å²) in [6, 6.07) is 0. The lowest BCUT2D eigenvalue weighted by Crippen LogP contribution is -2.51. The molecule has 0 radical (unpaired) electrons. The van der Waals surface area contributed by atoms with Crippen LogP contribution in [0.3, 0.4) is 0 Å². The van der Waals surface area contributed by atoms with Crippen molar-refractivity contribution in [3.05, 3.63) is 0 Å². The van der Waals surface area contributed by atoms with Crippen molar-refractivity contribution < 1.29 is 4.74 Å². The van der Waals surface area contributed by atoms with E-state index in [-0.39, 0.29) is 0 Å². The van der Waals surface area contributed by atoms with Crippen LogP contribution in [0.25, 0.3) is 0 Å². The van der Waals surface area contributed by atoms with Gasteiger partial charge in [-0.1, -0.05) is 26.7 Å². The molecule has 1 saturated carbocycles. The Balaban J connectivity index is 1.91. The van der Waals surface area contributed by atoms with Crippen molar-refractivity contribution in [1.82, 2.24) is 10.2 Å². The van der Waals surface area contributed by atoms with Gasteiger partial charge in [-0.2, -0.15) is 11.8 Å². The molecule has 1 atom stereocenters. The molecule has 4 nitrogen and oxygen atoms in total. The summed E-state index contributed by atoms with van der Waals surface area (Å²) in [5.74, 6) is 3.03. The number of hydrogen-bond acceptors (Lipinski definition) is 3. The van der Waals surface area contributed by atoms with Gasteiger partial charge in [0.1, 0.15) is 0 Å². The number of rotatable bonds is 6. The second kappa shape index (κ2) is 9.16. The molecule has 0 bridgehead atoms. The fourth-order valence-corrected chi connectivity index (χ4v) is 5.13. The number of nitrogens with one attached hydrogen (secondary N) is 1. The summed E-state index contributed by atoms with van der Waals surface area (Å²) in [6.07, 6.45) is 6.53. The first-order valence-corrected chi connectivity index (χ1v) is 10.2. The number of aliphatic imine (C=N–C) groups is 1. The van der Waals surface area contributed by atoms with Gasteiger partial charge in [0.2, 0.25) is 0 Å². The number of methoxy groups -OCH3 is 1. The van der Waals surface area contributed by atoms with Crippen molar-refractivity contribution in [2.24, 2.45) is 16.3 Å². The highest BCUT2D eigenvalue weighted by Gasteiger charge is 2.34. The van der Waals surface area contributed by atoms with E-state index in [1.54, 1.807) is 0 Å². The topological polar surface area (TPSA) is 36.9 Å². The molecule has 5 heteroatoms. The van der Waals surface area contributed by atoms with Gasteiger partial charge in [-0.3, -0.25) is 4.99 Å². The average molecular weight is 342 g/mol. The highest BCUT2D eigenvalue weighted by atomic mass is 32.2. The van der Waals surface area contributed by atoms with Crippen LogP contribution >= 0.6 is 11.8 Å². The summed E-state index contributed by atoms with van der Waals surface area (Å²) in [7, 11) is 3.73. The molecule has 1 N–H and O–H groups in total. The maximum atomic E-state index is 5.35. The van der Waals surface area contributed by atoms with Crippen LogP contribution in [0.4, 0.5) is 0 Å².